The second-order valence-corrected chi connectivity index (χ2v) is 8.75. The van der Waals surface area contributed by atoms with E-state index in [4.69, 9.17) is 4.74 Å². The molecule has 2 aliphatic heterocycles. The molecule has 158 valence electrons. The van der Waals surface area contributed by atoms with Crippen LogP contribution in [0.3, 0.4) is 0 Å². The van der Waals surface area contributed by atoms with E-state index in [0.29, 0.717) is 36.8 Å². The van der Waals surface area contributed by atoms with E-state index in [1.165, 1.54) is 4.90 Å². The smallest absolute Gasteiger partial charge is 0.277 e. The van der Waals surface area contributed by atoms with Crippen molar-refractivity contribution in [2.75, 3.05) is 26.2 Å². The molecule has 0 aliphatic carbocycles. The Balaban J connectivity index is 1.91. The maximum atomic E-state index is 13.4. The molecule has 0 radical (unpaired) electrons. The Morgan fingerprint density at radius 3 is 2.41 bits per heavy atom. The fraction of sp³-hybridized carbons (Fsp3) is 0.583. The van der Waals surface area contributed by atoms with Crippen LogP contribution in [0.1, 0.15) is 56.7 Å². The van der Waals surface area contributed by atoms with Gasteiger partial charge in [0.25, 0.3) is 11.8 Å². The summed E-state index contributed by atoms with van der Waals surface area (Å²) >= 11 is 0. The normalized spacial score (nSPS) is 18.6. The highest BCUT2D eigenvalue weighted by atomic mass is 16.5. The van der Waals surface area contributed by atoms with Crippen molar-refractivity contribution in [1.29, 1.82) is 0 Å². The summed E-state index contributed by atoms with van der Waals surface area (Å²) < 4.78 is 5.60. The van der Waals surface area contributed by atoms with Crippen molar-refractivity contribution in [3.8, 4) is 0 Å². The van der Waals surface area contributed by atoms with Crippen LogP contribution in [0.15, 0.2) is 23.9 Å². The average molecular weight is 399 g/mol. The Kier molecular flexibility index (Phi) is 6.78. The molecule has 29 heavy (non-hydrogen) atoms. The minimum atomic E-state index is -0.167. The molecule has 1 aromatic carbocycles. The zero-order valence-corrected chi connectivity index (χ0v) is 18.5. The largest absolute Gasteiger partial charge is 0.379 e. The van der Waals surface area contributed by atoms with Gasteiger partial charge in [0, 0.05) is 26.2 Å². The molecule has 2 amide bonds. The van der Waals surface area contributed by atoms with Crippen LogP contribution >= 0.6 is 0 Å². The third-order valence-corrected chi connectivity index (χ3v) is 5.87. The Bertz CT molecular complexity index is 804. The molecule has 0 N–H and O–H groups in total. The maximum Gasteiger partial charge on any atom is 0.277 e. The molecule has 0 unspecified atom stereocenters. The van der Waals surface area contributed by atoms with Gasteiger partial charge in [-0.05, 0) is 64.0 Å². The van der Waals surface area contributed by atoms with Crippen molar-refractivity contribution in [3.05, 3.63) is 40.6 Å². The lowest BCUT2D eigenvalue weighted by molar-refractivity contribution is -0.137. The summed E-state index contributed by atoms with van der Waals surface area (Å²) in [5.41, 5.74) is 4.24. The predicted molar refractivity (Wildman–Crippen MR) is 115 cm³/mol. The first-order valence-corrected chi connectivity index (χ1v) is 10.8. The van der Waals surface area contributed by atoms with E-state index in [1.54, 1.807) is 0 Å². The average Bonchev–Trinajstić information content (AvgIpc) is 2.90. The van der Waals surface area contributed by atoms with Gasteiger partial charge in [-0.2, -0.15) is 0 Å². The van der Waals surface area contributed by atoms with Crippen LogP contribution in [0, 0.1) is 19.8 Å². The molecule has 3 rings (SSSR count). The number of nitrogens with zero attached hydrogens (tertiary/aromatic N) is 2. The third-order valence-electron chi connectivity index (χ3n) is 5.87. The minimum absolute atomic E-state index is 0.148. The van der Waals surface area contributed by atoms with Gasteiger partial charge in [0.2, 0.25) is 0 Å². The predicted octanol–water partition coefficient (Wildman–Crippen LogP) is 3.93. The number of aryl methyl sites for hydroxylation is 2. The Labute approximate surface area is 174 Å². The van der Waals surface area contributed by atoms with E-state index >= 15 is 0 Å². The first kappa shape index (κ1) is 21.6. The number of benzene rings is 1. The Morgan fingerprint density at radius 1 is 1.10 bits per heavy atom. The highest BCUT2D eigenvalue weighted by Gasteiger charge is 2.42. The molecule has 2 heterocycles. The van der Waals surface area contributed by atoms with Crippen LogP contribution in [0.4, 0.5) is 0 Å². The van der Waals surface area contributed by atoms with Crippen molar-refractivity contribution in [1.82, 2.24) is 9.80 Å². The summed E-state index contributed by atoms with van der Waals surface area (Å²) in [7, 11) is 0. The van der Waals surface area contributed by atoms with Crippen LogP contribution in [-0.2, 0) is 14.3 Å². The Morgan fingerprint density at radius 2 is 1.79 bits per heavy atom. The summed E-state index contributed by atoms with van der Waals surface area (Å²) in [5.74, 6) is 0.345. The van der Waals surface area contributed by atoms with Gasteiger partial charge in [-0.3, -0.25) is 14.5 Å². The summed E-state index contributed by atoms with van der Waals surface area (Å²) in [6.45, 7) is 12.9. The lowest BCUT2D eigenvalue weighted by Crippen LogP contribution is -2.39. The molecule has 1 fully saturated rings. The minimum Gasteiger partial charge on any atom is -0.379 e. The molecule has 0 spiro atoms. The number of imide groups is 1. The first-order valence-electron chi connectivity index (χ1n) is 10.8. The lowest BCUT2D eigenvalue weighted by Gasteiger charge is -2.32. The zero-order valence-electron chi connectivity index (χ0n) is 18.5. The number of carbonyl (C=O) groups is 2. The van der Waals surface area contributed by atoms with Gasteiger partial charge in [-0.1, -0.05) is 30.7 Å². The molecule has 0 aromatic heterocycles. The van der Waals surface area contributed by atoms with Gasteiger partial charge in [0.15, 0.2) is 0 Å². The second kappa shape index (κ2) is 9.12. The molecule has 0 bridgehead atoms. The number of carbonyl (C=O) groups excluding carboxylic acids is 2. The molecular formula is C24H34N2O3. The highest BCUT2D eigenvalue weighted by molar-refractivity contribution is 6.35. The van der Waals surface area contributed by atoms with E-state index in [0.717, 1.165) is 42.6 Å². The molecule has 2 aliphatic rings. The molecule has 0 atom stereocenters. The van der Waals surface area contributed by atoms with E-state index in [2.05, 4.69) is 17.9 Å². The molecule has 5 nitrogen and oxygen atoms in total. The topological polar surface area (TPSA) is 49.9 Å². The summed E-state index contributed by atoms with van der Waals surface area (Å²) in [6.07, 6.45) is 2.90. The SMILES string of the molecule is Cc1ccc(C2=C(N3CCC(C)CC3)C(=O)N(CCCOC(C)C)C2=O)c(C)c1. The van der Waals surface area contributed by atoms with E-state index < -0.39 is 0 Å². The van der Waals surface area contributed by atoms with Crippen molar-refractivity contribution >= 4 is 17.4 Å². The van der Waals surface area contributed by atoms with Crippen LogP contribution in [0.2, 0.25) is 0 Å². The van der Waals surface area contributed by atoms with Gasteiger partial charge in [0.05, 0.1) is 11.7 Å². The molecule has 1 saturated heterocycles. The standard InChI is InChI=1S/C24H34N2O3/c1-16(2)29-14-6-11-26-23(27)21(20-8-7-18(4)15-19(20)5)22(24(26)28)25-12-9-17(3)10-13-25/h7-8,15-17H,6,9-14H2,1-5H3. The molecule has 1 aromatic rings. The van der Waals surface area contributed by atoms with Crippen LogP contribution in [0.25, 0.3) is 5.57 Å². The van der Waals surface area contributed by atoms with Gasteiger partial charge in [-0.25, -0.2) is 0 Å². The van der Waals surface area contributed by atoms with Gasteiger partial charge in [-0.15, -0.1) is 0 Å². The third kappa shape index (κ3) is 4.72. The van der Waals surface area contributed by atoms with Crippen LogP contribution in [-0.4, -0.2) is 54.0 Å². The van der Waals surface area contributed by atoms with Crippen molar-refractivity contribution in [3.63, 3.8) is 0 Å². The quantitative estimate of drug-likeness (QED) is 0.516. The molecule has 5 heteroatoms. The first-order chi connectivity index (χ1) is 13.8. The van der Waals surface area contributed by atoms with E-state index in [1.807, 2.05) is 39.8 Å². The summed E-state index contributed by atoms with van der Waals surface area (Å²) in [5, 5.41) is 0. The highest BCUT2D eigenvalue weighted by Crippen LogP contribution is 2.35. The van der Waals surface area contributed by atoms with Crippen molar-refractivity contribution in [2.45, 2.75) is 60.0 Å². The number of likely N-dealkylation sites (tertiary alicyclic amines) is 1. The fourth-order valence-electron chi connectivity index (χ4n) is 4.17. The summed E-state index contributed by atoms with van der Waals surface area (Å²) in [6, 6.07) is 6.08. The van der Waals surface area contributed by atoms with Crippen molar-refractivity contribution in [2.24, 2.45) is 5.92 Å². The summed E-state index contributed by atoms with van der Waals surface area (Å²) in [4.78, 5) is 30.3. The number of rotatable bonds is 7. The lowest BCUT2D eigenvalue weighted by atomic mass is 9.95. The number of ether oxygens (including phenoxy) is 1. The van der Waals surface area contributed by atoms with Gasteiger partial charge in [0.1, 0.15) is 5.70 Å². The number of amides is 2. The molecule has 0 saturated carbocycles. The van der Waals surface area contributed by atoms with E-state index in [-0.39, 0.29) is 17.9 Å². The van der Waals surface area contributed by atoms with E-state index in [9.17, 15) is 9.59 Å². The van der Waals surface area contributed by atoms with Crippen molar-refractivity contribution < 1.29 is 14.3 Å². The number of piperidine rings is 1. The van der Waals surface area contributed by atoms with Crippen LogP contribution < -0.4 is 0 Å². The fourth-order valence-corrected chi connectivity index (χ4v) is 4.17. The number of hydrogen-bond acceptors (Lipinski definition) is 4. The zero-order chi connectivity index (χ0) is 21.1. The molecular weight excluding hydrogens is 364 g/mol. The maximum absolute atomic E-state index is 13.4. The van der Waals surface area contributed by atoms with Crippen LogP contribution in [0.5, 0.6) is 0 Å². The monoisotopic (exact) mass is 398 g/mol. The van der Waals surface area contributed by atoms with Gasteiger partial charge < -0.3 is 9.64 Å². The van der Waals surface area contributed by atoms with Gasteiger partial charge >= 0.3 is 0 Å². The number of hydrogen-bond donors (Lipinski definition) is 0. The Hall–Kier alpha value is -2.14. The second-order valence-electron chi connectivity index (χ2n) is 8.75.